The second kappa shape index (κ2) is 24.2. The largest absolute Gasteiger partial charge is 0.206 e. The van der Waals surface area contributed by atoms with E-state index in [1.54, 1.807) is 30.3 Å². The van der Waals surface area contributed by atoms with Gasteiger partial charge in [0.2, 0.25) is 0 Å². The lowest BCUT2D eigenvalue weighted by atomic mass is 10.1. The molecule has 3 rings (SSSR count). The normalized spacial score (nSPS) is 9.33. The average Bonchev–Trinajstić information content (AvgIpc) is 2.98. The number of rotatable bonds is 8. The van der Waals surface area contributed by atoms with Crippen molar-refractivity contribution in [3.8, 4) is 48.4 Å². The number of benzene rings is 3. The summed E-state index contributed by atoms with van der Waals surface area (Å²) >= 11 is 11.4. The molecule has 0 N–H and O–H groups in total. The third kappa shape index (κ3) is 19.0. The Kier molecular flexibility index (Phi) is 21.9. The van der Waals surface area contributed by atoms with Crippen LogP contribution >= 0.6 is 70.4 Å². The van der Waals surface area contributed by atoms with E-state index in [-0.39, 0.29) is 17.5 Å². The summed E-state index contributed by atoms with van der Waals surface area (Å²) in [6.45, 7) is 0. The Bertz CT molecular complexity index is 1410. The number of unbranched alkanes of at least 4 members (excludes halogenated alkanes) is 8. The fraction of sp³-hybridized carbons (Fsp3) is 0.278. The first-order valence-corrected chi connectivity index (χ1v) is 17.0. The Balaban J connectivity index is 0.000000418. The van der Waals surface area contributed by atoms with E-state index in [1.165, 1.54) is 24.6 Å². The van der Waals surface area contributed by atoms with Crippen molar-refractivity contribution < 1.29 is 13.2 Å². The molecule has 0 unspecified atom stereocenters. The first kappa shape index (κ1) is 38.9. The molecule has 0 atom stereocenters. The molecule has 0 aliphatic heterocycles. The predicted molar refractivity (Wildman–Crippen MR) is 193 cm³/mol. The lowest BCUT2D eigenvalue weighted by molar-refractivity contribution is 0.620. The van der Waals surface area contributed by atoms with Crippen molar-refractivity contribution in [3.05, 3.63) is 100 Å². The molecule has 3 aromatic rings. The van der Waals surface area contributed by atoms with Gasteiger partial charge in [-0.15, -0.1) is 24.7 Å². The highest BCUT2D eigenvalue weighted by Gasteiger charge is 1.99. The molecule has 0 heterocycles. The van der Waals surface area contributed by atoms with E-state index >= 15 is 0 Å². The summed E-state index contributed by atoms with van der Waals surface area (Å²) in [7, 11) is 0. The van der Waals surface area contributed by atoms with Crippen LogP contribution in [0.5, 0.6) is 0 Å². The van der Waals surface area contributed by atoms with E-state index in [4.69, 9.17) is 12.8 Å². The molecule has 0 radical (unpaired) electrons. The molecule has 0 bridgehead atoms. The van der Waals surface area contributed by atoms with Crippen LogP contribution in [0.15, 0.2) is 68.0 Å². The number of hydrogen-bond donors (Lipinski definition) is 0. The van der Waals surface area contributed by atoms with Gasteiger partial charge in [0.15, 0.2) is 0 Å². The molecule has 0 saturated heterocycles. The van der Waals surface area contributed by atoms with Crippen molar-refractivity contribution in [2.24, 2.45) is 0 Å². The van der Waals surface area contributed by atoms with E-state index in [2.05, 4.69) is 106 Å². The molecule has 7 heteroatoms. The van der Waals surface area contributed by atoms with Crippen LogP contribution in [-0.4, -0.2) is 0 Å². The van der Waals surface area contributed by atoms with Gasteiger partial charge in [-0.25, -0.2) is 13.2 Å². The van der Waals surface area contributed by atoms with Crippen molar-refractivity contribution in [1.82, 2.24) is 0 Å². The summed E-state index contributed by atoms with van der Waals surface area (Å²) in [6, 6.07) is 14.8. The summed E-state index contributed by atoms with van der Waals surface area (Å²) in [4.78, 5) is 0. The molecule has 224 valence electrons. The van der Waals surface area contributed by atoms with Crippen LogP contribution in [0.1, 0.15) is 75.3 Å². The van der Waals surface area contributed by atoms with Gasteiger partial charge in [-0.2, -0.15) is 0 Å². The maximum atomic E-state index is 13.3. The quantitative estimate of drug-likeness (QED) is 0.0915. The van der Waals surface area contributed by atoms with Gasteiger partial charge in [0.25, 0.3) is 0 Å². The van der Waals surface area contributed by atoms with Crippen LogP contribution in [0.3, 0.4) is 0 Å². The SMILES string of the molecule is C#CCCCCCC#C.Fc1cc(C#CCCCCCC#Cc2ccc(Br)c(F)c2)ccc1Br.Fc1cc(I)ccc1Br. The molecule has 0 nitrogen and oxygen atoms in total. The Morgan fingerprint density at radius 1 is 0.535 bits per heavy atom. The summed E-state index contributed by atoms with van der Waals surface area (Å²) in [5.74, 6) is 16.4. The molecule has 0 aliphatic carbocycles. The molecule has 0 aromatic heterocycles. The maximum Gasteiger partial charge on any atom is 0.138 e. The minimum Gasteiger partial charge on any atom is -0.206 e. The highest BCUT2D eigenvalue weighted by atomic mass is 127. The molecule has 43 heavy (non-hydrogen) atoms. The molecule has 0 saturated carbocycles. The van der Waals surface area contributed by atoms with Crippen molar-refractivity contribution >= 4 is 70.4 Å². The van der Waals surface area contributed by atoms with Gasteiger partial charge in [0.05, 0.1) is 13.4 Å². The minimum absolute atomic E-state index is 0.207. The molecule has 0 amide bonds. The monoisotopic (exact) mass is 884 g/mol. The van der Waals surface area contributed by atoms with E-state index in [9.17, 15) is 13.2 Å². The zero-order valence-corrected chi connectivity index (χ0v) is 30.5. The topological polar surface area (TPSA) is 0 Å². The van der Waals surface area contributed by atoms with Crippen LogP contribution in [0.2, 0.25) is 0 Å². The van der Waals surface area contributed by atoms with Crippen LogP contribution in [0, 0.1) is 69.4 Å². The van der Waals surface area contributed by atoms with Crippen molar-refractivity contribution in [3.63, 3.8) is 0 Å². The fourth-order valence-electron chi connectivity index (χ4n) is 3.18. The molecular formula is C36H31Br3F3I. The van der Waals surface area contributed by atoms with E-state index in [1.807, 2.05) is 6.07 Å². The van der Waals surface area contributed by atoms with Crippen LogP contribution in [0.4, 0.5) is 13.2 Å². The van der Waals surface area contributed by atoms with Crippen LogP contribution in [-0.2, 0) is 0 Å². The third-order valence-electron chi connectivity index (χ3n) is 5.43. The first-order valence-electron chi connectivity index (χ1n) is 13.5. The Morgan fingerprint density at radius 3 is 1.26 bits per heavy atom. The zero-order chi connectivity index (χ0) is 31.9. The smallest absolute Gasteiger partial charge is 0.138 e. The van der Waals surface area contributed by atoms with Crippen molar-refractivity contribution in [2.45, 2.75) is 64.2 Å². The highest BCUT2D eigenvalue weighted by molar-refractivity contribution is 14.1. The van der Waals surface area contributed by atoms with Crippen LogP contribution in [0.25, 0.3) is 0 Å². The predicted octanol–water partition coefficient (Wildman–Crippen LogP) is 12.2. The Hall–Kier alpha value is -2.14. The Morgan fingerprint density at radius 2 is 0.907 bits per heavy atom. The van der Waals surface area contributed by atoms with Gasteiger partial charge >= 0.3 is 0 Å². The van der Waals surface area contributed by atoms with Crippen molar-refractivity contribution in [1.29, 1.82) is 0 Å². The first-order chi connectivity index (χ1) is 20.7. The fourth-order valence-corrected chi connectivity index (χ4v) is 4.37. The lowest BCUT2D eigenvalue weighted by Crippen LogP contribution is -1.81. The second-order valence-electron chi connectivity index (χ2n) is 8.95. The molecule has 0 fully saturated rings. The summed E-state index contributed by atoms with van der Waals surface area (Å²) in [5, 5.41) is 0. The van der Waals surface area contributed by atoms with Gasteiger partial charge in [-0.05, 0) is 151 Å². The third-order valence-corrected chi connectivity index (χ3v) is 8.03. The molecular weight excluding hydrogens is 856 g/mol. The van der Waals surface area contributed by atoms with Gasteiger partial charge in [0, 0.05) is 40.4 Å². The van der Waals surface area contributed by atoms with Gasteiger partial charge in [-0.1, -0.05) is 36.5 Å². The number of hydrogen-bond acceptors (Lipinski definition) is 0. The van der Waals surface area contributed by atoms with E-state index in [0.29, 0.717) is 24.5 Å². The van der Waals surface area contributed by atoms with E-state index in [0.717, 1.165) is 61.4 Å². The Labute approximate surface area is 293 Å². The summed E-state index contributed by atoms with van der Waals surface area (Å²) < 4.78 is 41.5. The average molecular weight is 887 g/mol. The number of halogens is 7. The summed E-state index contributed by atoms with van der Waals surface area (Å²) in [6.07, 6.45) is 19.9. The standard InChI is InChI=1S/C21H16Br2F2.C9H12.C6H3BrFI/c22-18-12-10-16(14-20(18)24)8-6-4-2-1-3-5-7-9-17-11-13-19(23)21(25)15-17;1-3-5-7-9-8-6-4-2;7-5-2-1-4(9)3-6(5)8/h10-15H,1-5H2;1-2H,5-9H2;1-3H. The number of terminal acetylenes is 2. The van der Waals surface area contributed by atoms with Gasteiger partial charge in [0.1, 0.15) is 17.5 Å². The molecule has 0 aliphatic rings. The zero-order valence-electron chi connectivity index (χ0n) is 23.6. The minimum atomic E-state index is -0.295. The highest BCUT2D eigenvalue weighted by Crippen LogP contribution is 2.18. The van der Waals surface area contributed by atoms with E-state index < -0.39 is 0 Å². The second-order valence-corrected chi connectivity index (χ2v) is 12.8. The van der Waals surface area contributed by atoms with Crippen LogP contribution < -0.4 is 0 Å². The molecule has 3 aromatic carbocycles. The van der Waals surface area contributed by atoms with Crippen molar-refractivity contribution in [2.75, 3.05) is 0 Å². The lowest BCUT2D eigenvalue weighted by Gasteiger charge is -1.95. The van der Waals surface area contributed by atoms with Gasteiger partial charge in [-0.3, -0.25) is 0 Å². The maximum absolute atomic E-state index is 13.3. The molecule has 0 spiro atoms. The summed E-state index contributed by atoms with van der Waals surface area (Å²) in [5.41, 5.74) is 1.38. The van der Waals surface area contributed by atoms with Gasteiger partial charge < -0.3 is 0 Å².